The SMILES string of the molecule is CCCC(=O)OC1C[C@H]2CC[C@@]1(C)C2(C)C.N#CSCC(=O)O. The molecule has 2 rings (SSSR count). The number of carboxylic acid groups (broad SMARTS) is 1. The van der Waals surface area contributed by atoms with E-state index in [0.29, 0.717) is 11.8 Å². The fraction of sp³-hybridized carbons (Fsp3) is 0.824. The van der Waals surface area contributed by atoms with Crippen LogP contribution in [0.2, 0.25) is 0 Å². The summed E-state index contributed by atoms with van der Waals surface area (Å²) >= 11 is 0.722. The van der Waals surface area contributed by atoms with Gasteiger partial charge in [0.25, 0.3) is 0 Å². The molecule has 0 heterocycles. The van der Waals surface area contributed by atoms with Crippen LogP contribution in [0.25, 0.3) is 0 Å². The van der Waals surface area contributed by atoms with Gasteiger partial charge in [-0.2, -0.15) is 5.26 Å². The number of nitriles is 1. The van der Waals surface area contributed by atoms with Gasteiger partial charge in [0, 0.05) is 11.8 Å². The van der Waals surface area contributed by atoms with Crippen molar-refractivity contribution in [3.8, 4) is 5.40 Å². The minimum absolute atomic E-state index is 0.00271. The molecule has 1 N–H and O–H groups in total. The van der Waals surface area contributed by atoms with Crippen molar-refractivity contribution in [3.05, 3.63) is 0 Å². The molecule has 3 atom stereocenters. The van der Waals surface area contributed by atoms with Gasteiger partial charge in [-0.25, -0.2) is 0 Å². The van der Waals surface area contributed by atoms with E-state index >= 15 is 0 Å². The molecule has 0 aliphatic heterocycles. The number of carbonyl (C=O) groups excluding carboxylic acids is 1. The van der Waals surface area contributed by atoms with Gasteiger partial charge in [0.05, 0.1) is 0 Å². The Labute approximate surface area is 142 Å². The molecule has 0 aromatic carbocycles. The maximum Gasteiger partial charge on any atom is 0.314 e. The topological polar surface area (TPSA) is 87.4 Å². The highest BCUT2D eigenvalue weighted by Gasteiger charge is 2.62. The summed E-state index contributed by atoms with van der Waals surface area (Å²) in [4.78, 5) is 21.2. The predicted molar refractivity (Wildman–Crippen MR) is 89.7 cm³/mol. The van der Waals surface area contributed by atoms with Crippen LogP contribution in [0.15, 0.2) is 0 Å². The standard InChI is InChI=1S/C14H24O2.C3H3NO2S/c1-5-6-12(15)16-11-9-10-7-8-14(11,4)13(10,2)3;4-2-7-1-3(5)6/h10-11H,5-9H2,1-4H3;1H2,(H,5,6)/t10-,11?,14-;/m1./s1. The molecule has 2 saturated carbocycles. The molecular formula is C17H27NO4S. The first kappa shape index (κ1) is 19.8. The highest BCUT2D eigenvalue weighted by Crippen LogP contribution is 2.66. The number of hydrogen-bond acceptors (Lipinski definition) is 5. The minimum atomic E-state index is -0.952. The number of ether oxygens (including phenoxy) is 1. The fourth-order valence-corrected chi connectivity index (χ4v) is 4.01. The molecule has 0 aromatic rings. The first-order valence-corrected chi connectivity index (χ1v) is 9.09. The number of thioether (sulfide) groups is 1. The third-order valence-corrected chi connectivity index (χ3v) is 6.22. The minimum Gasteiger partial charge on any atom is -0.481 e. The number of carboxylic acids is 1. The Morgan fingerprint density at radius 3 is 2.39 bits per heavy atom. The van der Waals surface area contributed by atoms with E-state index in [1.807, 2.05) is 6.92 Å². The molecule has 0 radical (unpaired) electrons. The van der Waals surface area contributed by atoms with Crippen molar-refractivity contribution in [3.63, 3.8) is 0 Å². The number of esters is 1. The molecular weight excluding hydrogens is 314 g/mol. The molecule has 5 nitrogen and oxygen atoms in total. The Balaban J connectivity index is 0.000000322. The van der Waals surface area contributed by atoms with E-state index in [-0.39, 0.29) is 23.2 Å². The third kappa shape index (κ3) is 4.41. The van der Waals surface area contributed by atoms with Crippen LogP contribution in [0.5, 0.6) is 0 Å². The van der Waals surface area contributed by atoms with Crippen molar-refractivity contribution in [2.45, 2.75) is 65.9 Å². The van der Waals surface area contributed by atoms with Crippen LogP contribution >= 0.6 is 11.8 Å². The number of carbonyl (C=O) groups is 2. The van der Waals surface area contributed by atoms with E-state index in [9.17, 15) is 9.59 Å². The maximum atomic E-state index is 11.6. The second kappa shape index (κ2) is 8.05. The molecule has 0 spiro atoms. The summed E-state index contributed by atoms with van der Waals surface area (Å²) in [6.45, 7) is 9.02. The lowest BCUT2D eigenvalue weighted by Gasteiger charge is -2.38. The first-order valence-electron chi connectivity index (χ1n) is 8.11. The number of thiocyanates is 1. The Kier molecular flexibility index (Phi) is 6.94. The van der Waals surface area contributed by atoms with Crippen molar-refractivity contribution in [1.82, 2.24) is 0 Å². The maximum absolute atomic E-state index is 11.6. The molecule has 2 aliphatic rings. The summed E-state index contributed by atoms with van der Waals surface area (Å²) in [5.41, 5.74) is 0.547. The zero-order valence-electron chi connectivity index (χ0n) is 14.4. The zero-order chi connectivity index (χ0) is 17.7. The number of nitrogens with zero attached hydrogens (tertiary/aromatic N) is 1. The molecule has 1 unspecified atom stereocenters. The number of fused-ring (bicyclic) bond motifs is 2. The van der Waals surface area contributed by atoms with Gasteiger partial charge < -0.3 is 9.84 Å². The quantitative estimate of drug-likeness (QED) is 0.604. The van der Waals surface area contributed by atoms with E-state index in [2.05, 4.69) is 20.8 Å². The van der Waals surface area contributed by atoms with Gasteiger partial charge in [-0.15, -0.1) is 0 Å². The van der Waals surface area contributed by atoms with Crippen LogP contribution in [-0.4, -0.2) is 28.9 Å². The summed E-state index contributed by atoms with van der Waals surface area (Å²) in [5.74, 6) is -0.336. The summed E-state index contributed by atoms with van der Waals surface area (Å²) < 4.78 is 5.69. The van der Waals surface area contributed by atoms with Crippen molar-refractivity contribution < 1.29 is 19.4 Å². The molecule has 0 saturated heterocycles. The lowest BCUT2D eigenvalue weighted by Crippen LogP contribution is -2.38. The van der Waals surface area contributed by atoms with Crippen molar-refractivity contribution in [1.29, 1.82) is 5.26 Å². The molecule has 6 heteroatoms. The Bertz CT molecular complexity index is 485. The normalized spacial score (nSPS) is 30.0. The number of hydrogen-bond donors (Lipinski definition) is 1. The molecule has 0 aromatic heterocycles. The Morgan fingerprint density at radius 2 is 2.04 bits per heavy atom. The van der Waals surface area contributed by atoms with Crippen molar-refractivity contribution >= 4 is 23.7 Å². The van der Waals surface area contributed by atoms with E-state index in [1.54, 1.807) is 5.40 Å². The number of rotatable bonds is 5. The third-order valence-electron chi connectivity index (χ3n) is 5.70. The predicted octanol–water partition coefficient (Wildman–Crippen LogP) is 3.83. The summed E-state index contributed by atoms with van der Waals surface area (Å²) in [6.07, 6.45) is 5.23. The molecule has 23 heavy (non-hydrogen) atoms. The zero-order valence-corrected chi connectivity index (χ0v) is 15.2. The Morgan fingerprint density at radius 1 is 1.39 bits per heavy atom. The lowest BCUT2D eigenvalue weighted by atomic mass is 9.70. The summed E-state index contributed by atoms with van der Waals surface area (Å²) in [7, 11) is 0. The largest absolute Gasteiger partial charge is 0.481 e. The number of aliphatic carboxylic acids is 1. The van der Waals surface area contributed by atoms with Gasteiger partial charge in [0.1, 0.15) is 17.3 Å². The molecule has 0 amide bonds. The fourth-order valence-electron chi connectivity index (χ4n) is 3.82. The van der Waals surface area contributed by atoms with E-state index < -0.39 is 5.97 Å². The smallest absolute Gasteiger partial charge is 0.314 e. The van der Waals surface area contributed by atoms with Gasteiger partial charge in [-0.3, -0.25) is 9.59 Å². The second-order valence-corrected chi connectivity index (χ2v) is 7.87. The second-order valence-electron chi connectivity index (χ2n) is 7.11. The van der Waals surface area contributed by atoms with Crippen LogP contribution in [0, 0.1) is 27.4 Å². The van der Waals surface area contributed by atoms with Gasteiger partial charge in [-0.05, 0) is 48.8 Å². The van der Waals surface area contributed by atoms with E-state index in [0.717, 1.165) is 30.5 Å². The van der Waals surface area contributed by atoms with Gasteiger partial charge in [0.2, 0.25) is 0 Å². The average Bonchev–Trinajstić information content (AvgIpc) is 2.79. The van der Waals surface area contributed by atoms with Crippen LogP contribution in [0.3, 0.4) is 0 Å². The van der Waals surface area contributed by atoms with Crippen molar-refractivity contribution in [2.24, 2.45) is 16.7 Å². The highest BCUT2D eigenvalue weighted by atomic mass is 32.2. The van der Waals surface area contributed by atoms with Gasteiger partial charge in [0.15, 0.2) is 0 Å². The highest BCUT2D eigenvalue weighted by molar-refractivity contribution is 8.04. The van der Waals surface area contributed by atoms with Crippen molar-refractivity contribution in [2.75, 3.05) is 5.75 Å². The van der Waals surface area contributed by atoms with E-state index in [1.165, 1.54) is 12.8 Å². The first-order chi connectivity index (χ1) is 10.7. The molecule has 2 aliphatic carbocycles. The van der Waals surface area contributed by atoms with Gasteiger partial charge in [-0.1, -0.05) is 27.7 Å². The monoisotopic (exact) mass is 341 g/mol. The van der Waals surface area contributed by atoms with Gasteiger partial charge >= 0.3 is 11.9 Å². The summed E-state index contributed by atoms with van der Waals surface area (Å²) in [6, 6.07) is 0. The van der Waals surface area contributed by atoms with Crippen LogP contribution < -0.4 is 0 Å². The Hall–Kier alpha value is -1.22. The van der Waals surface area contributed by atoms with E-state index in [4.69, 9.17) is 15.1 Å². The lowest BCUT2D eigenvalue weighted by molar-refractivity contribution is -0.156. The van der Waals surface area contributed by atoms with Crippen LogP contribution in [0.1, 0.15) is 59.8 Å². The molecule has 130 valence electrons. The summed E-state index contributed by atoms with van der Waals surface area (Å²) in [5, 5.41) is 17.3. The molecule has 2 bridgehead atoms. The molecule has 2 fully saturated rings. The van der Waals surface area contributed by atoms with Crippen LogP contribution in [-0.2, 0) is 14.3 Å². The van der Waals surface area contributed by atoms with Crippen LogP contribution in [0.4, 0.5) is 0 Å². The average molecular weight is 341 g/mol.